The first kappa shape index (κ1) is 16.9. The molecule has 21 heavy (non-hydrogen) atoms. The van der Waals surface area contributed by atoms with Gasteiger partial charge in [-0.05, 0) is 31.5 Å². The molecule has 0 radical (unpaired) electrons. The molecule has 5 nitrogen and oxygen atoms in total. The van der Waals surface area contributed by atoms with E-state index in [0.717, 1.165) is 5.56 Å². The number of guanidine groups is 1. The average molecular weight is 294 g/mol. The van der Waals surface area contributed by atoms with Crippen molar-refractivity contribution >= 4 is 11.9 Å². The largest absolute Gasteiger partial charge is 0.357 e. The SMILES string of the molecule is CCNC(=O)CN=C(NCC)N(C)Cc1ccc(F)cc1. The highest BCUT2D eigenvalue weighted by molar-refractivity contribution is 5.84. The summed E-state index contributed by atoms with van der Waals surface area (Å²) in [6, 6.07) is 6.34. The Balaban J connectivity index is 2.67. The van der Waals surface area contributed by atoms with E-state index in [4.69, 9.17) is 0 Å². The molecule has 116 valence electrons. The van der Waals surface area contributed by atoms with Gasteiger partial charge in [0.05, 0.1) is 0 Å². The number of amides is 1. The highest BCUT2D eigenvalue weighted by Gasteiger charge is 2.07. The molecule has 0 saturated carbocycles. The Morgan fingerprint density at radius 3 is 2.38 bits per heavy atom. The van der Waals surface area contributed by atoms with Crippen molar-refractivity contribution in [3.8, 4) is 0 Å². The number of likely N-dealkylation sites (N-methyl/N-ethyl adjacent to an activating group) is 1. The summed E-state index contributed by atoms with van der Waals surface area (Å²) in [6.07, 6.45) is 0. The molecule has 0 spiro atoms. The van der Waals surface area contributed by atoms with Crippen LogP contribution in [0.4, 0.5) is 4.39 Å². The summed E-state index contributed by atoms with van der Waals surface area (Å²) in [4.78, 5) is 17.7. The molecule has 0 aromatic heterocycles. The van der Waals surface area contributed by atoms with Crippen molar-refractivity contribution in [3.05, 3.63) is 35.6 Å². The van der Waals surface area contributed by atoms with E-state index >= 15 is 0 Å². The first-order valence-corrected chi connectivity index (χ1v) is 7.07. The predicted octanol–water partition coefficient (Wildman–Crippen LogP) is 1.36. The molecule has 0 heterocycles. The number of hydrogen-bond donors (Lipinski definition) is 2. The van der Waals surface area contributed by atoms with Gasteiger partial charge in [0.25, 0.3) is 0 Å². The summed E-state index contributed by atoms with van der Waals surface area (Å²) in [6.45, 7) is 5.81. The third-order valence-electron chi connectivity index (χ3n) is 2.78. The first-order chi connectivity index (χ1) is 10.1. The van der Waals surface area contributed by atoms with Crippen LogP contribution in [0.3, 0.4) is 0 Å². The molecular formula is C15H23FN4O. The van der Waals surface area contributed by atoms with Crippen molar-refractivity contribution in [2.24, 2.45) is 4.99 Å². The molecule has 0 aliphatic carbocycles. The number of rotatable bonds is 6. The van der Waals surface area contributed by atoms with Gasteiger partial charge in [0.15, 0.2) is 5.96 Å². The van der Waals surface area contributed by atoms with Crippen LogP contribution in [0, 0.1) is 5.82 Å². The zero-order chi connectivity index (χ0) is 15.7. The molecule has 0 aliphatic rings. The number of nitrogens with zero attached hydrogens (tertiary/aromatic N) is 2. The Morgan fingerprint density at radius 2 is 1.81 bits per heavy atom. The van der Waals surface area contributed by atoms with Gasteiger partial charge in [0.1, 0.15) is 12.4 Å². The second kappa shape index (κ2) is 8.94. The minimum Gasteiger partial charge on any atom is -0.357 e. The predicted molar refractivity (Wildman–Crippen MR) is 82.5 cm³/mol. The van der Waals surface area contributed by atoms with Gasteiger partial charge in [-0.3, -0.25) is 4.79 Å². The number of nitrogens with one attached hydrogen (secondary N) is 2. The summed E-state index contributed by atoms with van der Waals surface area (Å²) in [5, 5.41) is 5.84. The van der Waals surface area contributed by atoms with Crippen molar-refractivity contribution in [2.45, 2.75) is 20.4 Å². The van der Waals surface area contributed by atoms with Crippen LogP contribution in [0.1, 0.15) is 19.4 Å². The third kappa shape index (κ3) is 6.25. The maximum Gasteiger partial charge on any atom is 0.241 e. The summed E-state index contributed by atoms with van der Waals surface area (Å²) >= 11 is 0. The number of hydrogen-bond acceptors (Lipinski definition) is 2. The Morgan fingerprint density at radius 1 is 1.19 bits per heavy atom. The lowest BCUT2D eigenvalue weighted by molar-refractivity contribution is -0.119. The van der Waals surface area contributed by atoms with Crippen molar-refractivity contribution in [2.75, 3.05) is 26.7 Å². The maximum absolute atomic E-state index is 12.9. The van der Waals surface area contributed by atoms with Crippen LogP contribution < -0.4 is 10.6 Å². The lowest BCUT2D eigenvalue weighted by Crippen LogP contribution is -2.39. The maximum atomic E-state index is 12.9. The topological polar surface area (TPSA) is 56.7 Å². The lowest BCUT2D eigenvalue weighted by Gasteiger charge is -2.22. The molecule has 0 unspecified atom stereocenters. The molecule has 1 amide bonds. The lowest BCUT2D eigenvalue weighted by atomic mass is 10.2. The first-order valence-electron chi connectivity index (χ1n) is 7.07. The quantitative estimate of drug-likeness (QED) is 0.615. The van der Waals surface area contributed by atoms with Crippen LogP contribution in [0.25, 0.3) is 0 Å². The fourth-order valence-corrected chi connectivity index (χ4v) is 1.81. The van der Waals surface area contributed by atoms with Crippen LogP contribution in [0.15, 0.2) is 29.3 Å². The second-order valence-corrected chi connectivity index (χ2v) is 4.61. The van der Waals surface area contributed by atoms with Crippen LogP contribution in [-0.2, 0) is 11.3 Å². The molecule has 1 aromatic rings. The Bertz CT molecular complexity index is 473. The van der Waals surface area contributed by atoms with Crippen molar-refractivity contribution in [3.63, 3.8) is 0 Å². The molecule has 0 aliphatic heterocycles. The van der Waals surface area contributed by atoms with E-state index in [1.54, 1.807) is 12.1 Å². The fraction of sp³-hybridized carbons (Fsp3) is 0.467. The van der Waals surface area contributed by atoms with Gasteiger partial charge in [-0.15, -0.1) is 0 Å². The van der Waals surface area contributed by atoms with Crippen molar-refractivity contribution in [1.82, 2.24) is 15.5 Å². The van der Waals surface area contributed by atoms with E-state index in [1.807, 2.05) is 25.8 Å². The Kier molecular flexibility index (Phi) is 7.21. The van der Waals surface area contributed by atoms with Gasteiger partial charge in [-0.2, -0.15) is 0 Å². The highest BCUT2D eigenvalue weighted by atomic mass is 19.1. The van der Waals surface area contributed by atoms with Crippen molar-refractivity contribution < 1.29 is 9.18 Å². The van der Waals surface area contributed by atoms with Crippen LogP contribution in [0.5, 0.6) is 0 Å². The second-order valence-electron chi connectivity index (χ2n) is 4.61. The molecule has 6 heteroatoms. The minimum atomic E-state index is -0.252. The molecule has 1 rings (SSSR count). The zero-order valence-electron chi connectivity index (χ0n) is 12.8. The number of aliphatic imine (C=N–C) groups is 1. The summed E-state index contributed by atoms with van der Waals surface area (Å²) in [5.74, 6) is 0.286. The Labute approximate surface area is 125 Å². The smallest absolute Gasteiger partial charge is 0.241 e. The number of benzene rings is 1. The monoisotopic (exact) mass is 294 g/mol. The van der Waals surface area contributed by atoms with Gasteiger partial charge >= 0.3 is 0 Å². The molecule has 0 bridgehead atoms. The number of halogens is 1. The normalized spacial score (nSPS) is 11.1. The molecule has 1 aromatic carbocycles. The molecular weight excluding hydrogens is 271 g/mol. The van der Waals surface area contributed by atoms with Gasteiger partial charge in [-0.1, -0.05) is 12.1 Å². The Hall–Kier alpha value is -2.11. The summed E-state index contributed by atoms with van der Waals surface area (Å²) < 4.78 is 12.9. The average Bonchev–Trinajstić information content (AvgIpc) is 2.46. The van der Waals surface area contributed by atoms with E-state index in [-0.39, 0.29) is 18.3 Å². The van der Waals surface area contributed by atoms with E-state index in [0.29, 0.717) is 25.6 Å². The standard InChI is InChI=1S/C15H23FN4O/c1-4-17-14(21)10-19-15(18-5-2)20(3)11-12-6-8-13(16)9-7-12/h6-9H,4-5,10-11H2,1-3H3,(H,17,21)(H,18,19). The van der Waals surface area contributed by atoms with Crippen molar-refractivity contribution in [1.29, 1.82) is 0 Å². The van der Waals surface area contributed by atoms with Gasteiger partial charge in [0, 0.05) is 26.7 Å². The molecule has 0 fully saturated rings. The van der Waals surface area contributed by atoms with Crippen LogP contribution in [0.2, 0.25) is 0 Å². The number of carbonyl (C=O) groups is 1. The number of carbonyl (C=O) groups excluding carboxylic acids is 1. The minimum absolute atomic E-state index is 0.0872. The molecule has 0 saturated heterocycles. The molecule has 0 atom stereocenters. The summed E-state index contributed by atoms with van der Waals surface area (Å²) in [7, 11) is 1.88. The summed E-state index contributed by atoms with van der Waals surface area (Å²) in [5.41, 5.74) is 0.975. The van der Waals surface area contributed by atoms with E-state index < -0.39 is 0 Å². The van der Waals surface area contributed by atoms with Crippen LogP contribution >= 0.6 is 0 Å². The van der Waals surface area contributed by atoms with E-state index in [2.05, 4.69) is 15.6 Å². The van der Waals surface area contributed by atoms with E-state index in [1.165, 1.54) is 12.1 Å². The van der Waals surface area contributed by atoms with Crippen LogP contribution in [-0.4, -0.2) is 43.4 Å². The molecule has 2 N–H and O–H groups in total. The van der Waals surface area contributed by atoms with Gasteiger partial charge in [0.2, 0.25) is 5.91 Å². The highest BCUT2D eigenvalue weighted by Crippen LogP contribution is 2.05. The van der Waals surface area contributed by atoms with Gasteiger partial charge in [-0.25, -0.2) is 9.38 Å². The van der Waals surface area contributed by atoms with E-state index in [9.17, 15) is 9.18 Å². The fourth-order valence-electron chi connectivity index (χ4n) is 1.81. The zero-order valence-corrected chi connectivity index (χ0v) is 12.8. The third-order valence-corrected chi connectivity index (χ3v) is 2.78. The van der Waals surface area contributed by atoms with Gasteiger partial charge < -0.3 is 15.5 Å².